The molecular weight excluding hydrogens is 200 g/mol. The molecule has 4 unspecified atom stereocenters. The molecule has 0 amide bonds. The van der Waals surface area contributed by atoms with E-state index in [1.165, 1.54) is 25.7 Å². The molecule has 0 radical (unpaired) electrons. The highest BCUT2D eigenvalue weighted by Gasteiger charge is 2.43. The molecule has 90 valence electrons. The van der Waals surface area contributed by atoms with Gasteiger partial charge in [-0.05, 0) is 51.4 Å². The first-order chi connectivity index (χ1) is 7.61. The third-order valence-electron chi connectivity index (χ3n) is 4.74. The third-order valence-corrected chi connectivity index (χ3v) is 4.74. The Morgan fingerprint density at radius 3 is 1.44 bits per heavy atom. The summed E-state index contributed by atoms with van der Waals surface area (Å²) in [6.45, 7) is 3.45. The van der Waals surface area contributed by atoms with Crippen LogP contribution in [0.2, 0.25) is 0 Å². The van der Waals surface area contributed by atoms with E-state index < -0.39 is 0 Å². The highest BCUT2D eigenvalue weighted by atomic mass is 16.1. The second kappa shape index (κ2) is 4.68. The maximum Gasteiger partial charge on any atom is 0.133 e. The highest BCUT2D eigenvalue weighted by Crippen LogP contribution is 2.47. The maximum absolute atomic E-state index is 11.6. The average molecular weight is 222 g/mol. The monoisotopic (exact) mass is 222 g/mol. The quantitative estimate of drug-likeness (QED) is 0.719. The number of hydrogen-bond acceptors (Lipinski definition) is 2. The Labute approximate surface area is 97.8 Å². The van der Waals surface area contributed by atoms with Crippen molar-refractivity contribution in [3.05, 3.63) is 0 Å². The molecule has 0 saturated heterocycles. The first-order valence-electron chi connectivity index (χ1n) is 6.62. The summed E-state index contributed by atoms with van der Waals surface area (Å²) in [4.78, 5) is 23.3. The molecule has 4 atom stereocenters. The van der Waals surface area contributed by atoms with Crippen molar-refractivity contribution in [3.63, 3.8) is 0 Å². The number of Topliss-reactive ketones (excluding diaryl/α,β-unsaturated/α-hetero) is 2. The van der Waals surface area contributed by atoms with Gasteiger partial charge in [-0.1, -0.05) is 12.8 Å². The van der Waals surface area contributed by atoms with E-state index in [9.17, 15) is 9.59 Å². The first kappa shape index (κ1) is 11.8. The second-order valence-electron chi connectivity index (χ2n) is 5.62. The summed E-state index contributed by atoms with van der Waals surface area (Å²) in [5, 5.41) is 0. The fourth-order valence-electron chi connectivity index (χ4n) is 3.98. The summed E-state index contributed by atoms with van der Waals surface area (Å²) < 4.78 is 0. The van der Waals surface area contributed by atoms with E-state index in [0.29, 0.717) is 23.4 Å². The summed E-state index contributed by atoms with van der Waals surface area (Å²) in [6, 6.07) is 0. The molecule has 2 nitrogen and oxygen atoms in total. The lowest BCUT2D eigenvalue weighted by Gasteiger charge is -2.44. The van der Waals surface area contributed by atoms with E-state index in [2.05, 4.69) is 0 Å². The van der Waals surface area contributed by atoms with Crippen LogP contribution in [0.1, 0.15) is 52.4 Å². The lowest BCUT2D eigenvalue weighted by molar-refractivity contribution is -0.133. The molecule has 2 heteroatoms. The molecule has 0 aromatic rings. The van der Waals surface area contributed by atoms with Crippen LogP contribution >= 0.6 is 0 Å². The number of carbonyl (C=O) groups is 2. The zero-order valence-electron chi connectivity index (χ0n) is 10.4. The number of ketones is 2. The number of carbonyl (C=O) groups excluding carboxylic acids is 2. The molecule has 0 aromatic carbocycles. The lowest BCUT2D eigenvalue weighted by Crippen LogP contribution is -2.41. The summed E-state index contributed by atoms with van der Waals surface area (Å²) in [5.41, 5.74) is 0. The van der Waals surface area contributed by atoms with Crippen molar-refractivity contribution < 1.29 is 9.59 Å². The van der Waals surface area contributed by atoms with Gasteiger partial charge in [0.15, 0.2) is 0 Å². The lowest BCUT2D eigenvalue weighted by atomic mass is 9.59. The van der Waals surface area contributed by atoms with Gasteiger partial charge in [-0.15, -0.1) is 0 Å². The Morgan fingerprint density at radius 1 is 0.750 bits per heavy atom. The van der Waals surface area contributed by atoms with E-state index in [4.69, 9.17) is 0 Å². The number of rotatable bonds is 2. The smallest absolute Gasteiger partial charge is 0.133 e. The number of hydrogen-bond donors (Lipinski definition) is 0. The van der Waals surface area contributed by atoms with Gasteiger partial charge in [-0.2, -0.15) is 0 Å². The summed E-state index contributed by atoms with van der Waals surface area (Å²) in [6.07, 6.45) is 6.71. The van der Waals surface area contributed by atoms with Crippen LogP contribution < -0.4 is 0 Å². The molecule has 0 N–H and O–H groups in total. The molecule has 0 bridgehead atoms. The minimum Gasteiger partial charge on any atom is -0.300 e. The van der Waals surface area contributed by atoms with E-state index in [0.717, 1.165) is 12.8 Å². The van der Waals surface area contributed by atoms with Gasteiger partial charge in [-0.3, -0.25) is 9.59 Å². The fourth-order valence-corrected chi connectivity index (χ4v) is 3.98. The van der Waals surface area contributed by atoms with Crippen LogP contribution in [0.3, 0.4) is 0 Å². The second-order valence-corrected chi connectivity index (χ2v) is 5.62. The molecule has 2 aliphatic carbocycles. The maximum atomic E-state index is 11.6. The van der Waals surface area contributed by atoms with Gasteiger partial charge >= 0.3 is 0 Å². The van der Waals surface area contributed by atoms with Crippen molar-refractivity contribution in [3.8, 4) is 0 Å². The molecule has 16 heavy (non-hydrogen) atoms. The minimum absolute atomic E-state index is 0.251. The van der Waals surface area contributed by atoms with Crippen molar-refractivity contribution in [1.29, 1.82) is 0 Å². The summed E-state index contributed by atoms with van der Waals surface area (Å²) >= 11 is 0. The molecule has 0 spiro atoms. The summed E-state index contributed by atoms with van der Waals surface area (Å²) in [5.74, 6) is 2.21. The number of fused-ring (bicyclic) bond motifs is 1. The largest absolute Gasteiger partial charge is 0.300 e. The Morgan fingerprint density at radius 2 is 1.12 bits per heavy atom. The fraction of sp³-hybridized carbons (Fsp3) is 0.857. The van der Waals surface area contributed by atoms with Crippen molar-refractivity contribution in [2.75, 3.05) is 0 Å². The normalized spacial score (nSPS) is 38.9. The molecule has 0 aliphatic heterocycles. The predicted molar refractivity (Wildman–Crippen MR) is 63.0 cm³/mol. The van der Waals surface area contributed by atoms with Gasteiger partial charge in [0, 0.05) is 11.8 Å². The van der Waals surface area contributed by atoms with E-state index in [1.54, 1.807) is 13.8 Å². The van der Waals surface area contributed by atoms with Crippen LogP contribution in [0.25, 0.3) is 0 Å². The Bertz CT molecular complexity index is 265. The van der Waals surface area contributed by atoms with E-state index >= 15 is 0 Å². The standard InChI is InChI=1S/C14H22O2/c1-9(15)11-7-8-12(10(2)16)14-6-4-3-5-13(11)14/h11-14H,3-8H2,1-2H3. The van der Waals surface area contributed by atoms with Crippen molar-refractivity contribution in [2.45, 2.75) is 52.4 Å². The van der Waals surface area contributed by atoms with Gasteiger partial charge in [-0.25, -0.2) is 0 Å². The zero-order valence-corrected chi connectivity index (χ0v) is 10.4. The average Bonchev–Trinajstić information content (AvgIpc) is 2.27. The van der Waals surface area contributed by atoms with Gasteiger partial charge in [0.25, 0.3) is 0 Å². The minimum atomic E-state index is 0.251. The van der Waals surface area contributed by atoms with Gasteiger partial charge in [0.2, 0.25) is 0 Å². The van der Waals surface area contributed by atoms with Gasteiger partial charge in [0.05, 0.1) is 0 Å². The van der Waals surface area contributed by atoms with Crippen molar-refractivity contribution >= 4 is 11.6 Å². The van der Waals surface area contributed by atoms with Gasteiger partial charge in [0.1, 0.15) is 11.6 Å². The van der Waals surface area contributed by atoms with Crippen LogP contribution in [-0.2, 0) is 9.59 Å². The molecule has 2 saturated carbocycles. The van der Waals surface area contributed by atoms with Crippen molar-refractivity contribution in [2.24, 2.45) is 23.7 Å². The molecule has 0 aromatic heterocycles. The molecular formula is C14H22O2. The SMILES string of the molecule is CC(=O)C1CCC(C(C)=O)C2CCCCC12. The van der Waals surface area contributed by atoms with Crippen LogP contribution in [0, 0.1) is 23.7 Å². The van der Waals surface area contributed by atoms with E-state index in [-0.39, 0.29) is 11.8 Å². The van der Waals surface area contributed by atoms with Crippen LogP contribution in [0.5, 0.6) is 0 Å². The molecule has 0 heterocycles. The third kappa shape index (κ3) is 2.07. The van der Waals surface area contributed by atoms with E-state index in [1.807, 2.05) is 0 Å². The van der Waals surface area contributed by atoms with Crippen LogP contribution in [0.15, 0.2) is 0 Å². The Kier molecular flexibility index (Phi) is 3.46. The Balaban J connectivity index is 2.17. The molecule has 2 rings (SSSR count). The van der Waals surface area contributed by atoms with Crippen molar-refractivity contribution in [1.82, 2.24) is 0 Å². The summed E-state index contributed by atoms with van der Waals surface area (Å²) in [7, 11) is 0. The van der Waals surface area contributed by atoms with Crippen LogP contribution in [0.4, 0.5) is 0 Å². The van der Waals surface area contributed by atoms with Crippen LogP contribution in [-0.4, -0.2) is 11.6 Å². The predicted octanol–water partition coefficient (Wildman–Crippen LogP) is 3.00. The molecule has 2 fully saturated rings. The topological polar surface area (TPSA) is 34.1 Å². The molecule has 2 aliphatic rings. The zero-order chi connectivity index (χ0) is 11.7. The highest BCUT2D eigenvalue weighted by molar-refractivity contribution is 5.81. The Hall–Kier alpha value is -0.660. The van der Waals surface area contributed by atoms with Gasteiger partial charge < -0.3 is 0 Å². The first-order valence-corrected chi connectivity index (χ1v) is 6.62.